The van der Waals surface area contributed by atoms with Crippen molar-refractivity contribution in [2.75, 3.05) is 12.4 Å². The van der Waals surface area contributed by atoms with Gasteiger partial charge >= 0.3 is 0 Å². The Labute approximate surface area is 121 Å². The van der Waals surface area contributed by atoms with Gasteiger partial charge in [-0.15, -0.1) is 11.3 Å². The number of nitrogens with one attached hydrogen (secondary N) is 2. The number of thiophene rings is 1. The second-order valence-corrected chi connectivity index (χ2v) is 5.91. The van der Waals surface area contributed by atoms with E-state index in [-0.39, 0.29) is 5.91 Å². The van der Waals surface area contributed by atoms with Gasteiger partial charge in [-0.2, -0.15) is 0 Å². The molecule has 1 heterocycles. The number of amides is 1. The summed E-state index contributed by atoms with van der Waals surface area (Å²) in [4.78, 5) is 12.4. The summed E-state index contributed by atoms with van der Waals surface area (Å²) in [5.41, 5.74) is 2.04. The molecule has 0 spiro atoms. The maximum Gasteiger partial charge on any atom is 0.224 e. The highest BCUT2D eigenvalue weighted by Gasteiger charge is 2.01. The standard InChI is InChI=1S/C14H15ClN2OS/c1-16-14(18)8-10-2-4-11(5-3-10)17-9-12-6-7-13(15)19-12/h2-7,17H,8-9H2,1H3,(H,16,18). The summed E-state index contributed by atoms with van der Waals surface area (Å²) in [7, 11) is 1.64. The number of halogens is 1. The van der Waals surface area contributed by atoms with Gasteiger partial charge in [0.2, 0.25) is 5.91 Å². The highest BCUT2D eigenvalue weighted by atomic mass is 35.5. The number of carbonyl (C=O) groups is 1. The number of carbonyl (C=O) groups excluding carboxylic acids is 1. The molecule has 5 heteroatoms. The van der Waals surface area contributed by atoms with E-state index >= 15 is 0 Å². The Bertz CT molecular complexity index is 551. The molecule has 2 aromatic rings. The number of hydrogen-bond acceptors (Lipinski definition) is 3. The van der Waals surface area contributed by atoms with Gasteiger partial charge in [-0.05, 0) is 29.8 Å². The highest BCUT2D eigenvalue weighted by Crippen LogP contribution is 2.22. The number of rotatable bonds is 5. The first-order chi connectivity index (χ1) is 9.17. The van der Waals surface area contributed by atoms with Crippen LogP contribution in [-0.4, -0.2) is 13.0 Å². The second-order valence-electron chi connectivity index (χ2n) is 4.11. The van der Waals surface area contributed by atoms with Crippen molar-refractivity contribution in [2.45, 2.75) is 13.0 Å². The normalized spacial score (nSPS) is 10.2. The third-order valence-corrected chi connectivity index (χ3v) is 3.92. The van der Waals surface area contributed by atoms with Gasteiger partial charge in [0, 0.05) is 24.2 Å². The molecule has 0 radical (unpaired) electrons. The number of hydrogen-bond donors (Lipinski definition) is 2. The van der Waals surface area contributed by atoms with E-state index in [1.165, 1.54) is 4.88 Å². The maximum atomic E-state index is 11.2. The summed E-state index contributed by atoms with van der Waals surface area (Å²) in [6.07, 6.45) is 0.414. The Morgan fingerprint density at radius 1 is 1.21 bits per heavy atom. The summed E-state index contributed by atoms with van der Waals surface area (Å²) >= 11 is 7.45. The SMILES string of the molecule is CNC(=O)Cc1ccc(NCc2ccc(Cl)s2)cc1. The van der Waals surface area contributed by atoms with Gasteiger partial charge in [0.25, 0.3) is 0 Å². The van der Waals surface area contributed by atoms with Crippen LogP contribution in [0.3, 0.4) is 0 Å². The molecule has 0 aliphatic carbocycles. The molecule has 0 unspecified atom stereocenters. The van der Waals surface area contributed by atoms with Crippen molar-refractivity contribution in [3.8, 4) is 0 Å². The monoisotopic (exact) mass is 294 g/mol. The molecule has 0 saturated heterocycles. The quantitative estimate of drug-likeness (QED) is 0.888. The minimum Gasteiger partial charge on any atom is -0.380 e. The maximum absolute atomic E-state index is 11.2. The third-order valence-electron chi connectivity index (χ3n) is 2.69. The van der Waals surface area contributed by atoms with Crippen LogP contribution in [0.2, 0.25) is 4.34 Å². The van der Waals surface area contributed by atoms with E-state index in [9.17, 15) is 4.79 Å². The van der Waals surface area contributed by atoms with Gasteiger partial charge in [-0.3, -0.25) is 4.79 Å². The molecule has 0 aliphatic rings. The first-order valence-corrected chi connectivity index (χ1v) is 7.14. The van der Waals surface area contributed by atoms with Crippen LogP contribution in [0.25, 0.3) is 0 Å². The van der Waals surface area contributed by atoms with Crippen molar-refractivity contribution in [2.24, 2.45) is 0 Å². The van der Waals surface area contributed by atoms with Crippen LogP contribution in [-0.2, 0) is 17.8 Å². The Kier molecular flexibility index (Phi) is 4.82. The molecule has 1 amide bonds. The van der Waals surface area contributed by atoms with E-state index in [2.05, 4.69) is 10.6 Å². The average molecular weight is 295 g/mol. The second kappa shape index (κ2) is 6.59. The van der Waals surface area contributed by atoms with E-state index in [1.807, 2.05) is 36.4 Å². The van der Waals surface area contributed by atoms with Crippen LogP contribution in [0.15, 0.2) is 36.4 Å². The van der Waals surface area contributed by atoms with Crippen LogP contribution >= 0.6 is 22.9 Å². The average Bonchev–Trinajstić information content (AvgIpc) is 2.83. The van der Waals surface area contributed by atoms with Crippen molar-refractivity contribution in [1.29, 1.82) is 0 Å². The van der Waals surface area contributed by atoms with Gasteiger partial charge in [-0.1, -0.05) is 23.7 Å². The fourth-order valence-corrected chi connectivity index (χ4v) is 2.68. The fourth-order valence-electron chi connectivity index (χ4n) is 1.65. The first kappa shape index (κ1) is 13.9. The highest BCUT2D eigenvalue weighted by molar-refractivity contribution is 7.16. The number of benzene rings is 1. The van der Waals surface area contributed by atoms with Gasteiger partial charge in [0.05, 0.1) is 10.8 Å². The molecule has 1 aromatic heterocycles. The zero-order chi connectivity index (χ0) is 13.7. The molecular weight excluding hydrogens is 280 g/mol. The molecular formula is C14H15ClN2OS. The van der Waals surface area contributed by atoms with Crippen LogP contribution in [0.1, 0.15) is 10.4 Å². The lowest BCUT2D eigenvalue weighted by atomic mass is 10.1. The summed E-state index contributed by atoms with van der Waals surface area (Å²) < 4.78 is 0.803. The summed E-state index contributed by atoms with van der Waals surface area (Å²) in [6.45, 7) is 0.756. The zero-order valence-electron chi connectivity index (χ0n) is 10.6. The van der Waals surface area contributed by atoms with Crippen molar-refractivity contribution >= 4 is 34.5 Å². The molecule has 100 valence electrons. The molecule has 19 heavy (non-hydrogen) atoms. The molecule has 1 aromatic carbocycles. The van der Waals surface area contributed by atoms with E-state index in [1.54, 1.807) is 18.4 Å². The topological polar surface area (TPSA) is 41.1 Å². The van der Waals surface area contributed by atoms with Gasteiger partial charge in [0.1, 0.15) is 0 Å². The predicted octanol–water partition coefficient (Wildman–Crippen LogP) is 3.30. The third kappa shape index (κ3) is 4.26. The van der Waals surface area contributed by atoms with Gasteiger partial charge < -0.3 is 10.6 Å². The van der Waals surface area contributed by atoms with Crippen molar-refractivity contribution in [1.82, 2.24) is 5.32 Å². The van der Waals surface area contributed by atoms with Gasteiger partial charge in [-0.25, -0.2) is 0 Å². The van der Waals surface area contributed by atoms with E-state index in [0.717, 1.165) is 22.1 Å². The summed E-state index contributed by atoms with van der Waals surface area (Å²) in [5.74, 6) is 0.0222. The molecule has 0 fully saturated rings. The summed E-state index contributed by atoms with van der Waals surface area (Å²) in [6, 6.07) is 11.8. The Morgan fingerprint density at radius 2 is 1.95 bits per heavy atom. The lowest BCUT2D eigenvalue weighted by Gasteiger charge is -2.06. The largest absolute Gasteiger partial charge is 0.380 e. The fraction of sp³-hybridized carbons (Fsp3) is 0.214. The Balaban J connectivity index is 1.89. The van der Waals surface area contributed by atoms with Gasteiger partial charge in [0.15, 0.2) is 0 Å². The Hall–Kier alpha value is -1.52. The van der Waals surface area contributed by atoms with E-state index < -0.39 is 0 Å². The van der Waals surface area contributed by atoms with E-state index in [0.29, 0.717) is 6.42 Å². The van der Waals surface area contributed by atoms with Crippen LogP contribution in [0, 0.1) is 0 Å². The first-order valence-electron chi connectivity index (χ1n) is 5.95. The predicted molar refractivity (Wildman–Crippen MR) is 80.9 cm³/mol. The minimum atomic E-state index is 0.0222. The molecule has 2 N–H and O–H groups in total. The van der Waals surface area contributed by atoms with E-state index in [4.69, 9.17) is 11.6 Å². The molecule has 3 nitrogen and oxygen atoms in total. The lowest BCUT2D eigenvalue weighted by Crippen LogP contribution is -2.19. The lowest BCUT2D eigenvalue weighted by molar-refractivity contribution is -0.119. The van der Waals surface area contributed by atoms with Crippen LogP contribution in [0.4, 0.5) is 5.69 Å². The summed E-state index contributed by atoms with van der Waals surface area (Å²) in [5, 5.41) is 5.93. The minimum absolute atomic E-state index is 0.0222. The Morgan fingerprint density at radius 3 is 2.53 bits per heavy atom. The van der Waals surface area contributed by atoms with Crippen molar-refractivity contribution in [3.63, 3.8) is 0 Å². The molecule has 2 rings (SSSR count). The number of likely N-dealkylation sites (N-methyl/N-ethyl adjacent to an activating group) is 1. The molecule has 0 aliphatic heterocycles. The molecule has 0 saturated carbocycles. The number of anilines is 1. The molecule has 0 atom stereocenters. The van der Waals surface area contributed by atoms with Crippen LogP contribution < -0.4 is 10.6 Å². The van der Waals surface area contributed by atoms with Crippen molar-refractivity contribution in [3.05, 3.63) is 51.2 Å². The van der Waals surface area contributed by atoms with Crippen molar-refractivity contribution < 1.29 is 4.79 Å². The smallest absolute Gasteiger partial charge is 0.224 e. The molecule has 0 bridgehead atoms. The zero-order valence-corrected chi connectivity index (χ0v) is 12.1. The van der Waals surface area contributed by atoms with Crippen LogP contribution in [0.5, 0.6) is 0 Å².